The Morgan fingerprint density at radius 2 is 1.79 bits per heavy atom. The van der Waals surface area contributed by atoms with E-state index in [0.29, 0.717) is 28.3 Å². The zero-order chi connectivity index (χ0) is 23.8. The van der Waals surface area contributed by atoms with E-state index >= 15 is 0 Å². The summed E-state index contributed by atoms with van der Waals surface area (Å²) in [6.07, 6.45) is 3.99. The Labute approximate surface area is 209 Å². The van der Waals surface area contributed by atoms with E-state index < -0.39 is 5.82 Å². The minimum Gasteiger partial charge on any atom is -0.352 e. The Kier molecular flexibility index (Phi) is 6.49. The molecule has 34 heavy (non-hydrogen) atoms. The maximum atomic E-state index is 14.3. The van der Waals surface area contributed by atoms with Gasteiger partial charge in [-0.25, -0.2) is 14.4 Å². The average molecular weight is 501 g/mol. The molecule has 0 aliphatic carbocycles. The largest absolute Gasteiger partial charge is 0.352 e. The molecule has 2 aliphatic heterocycles. The molecule has 0 amide bonds. The van der Waals surface area contributed by atoms with Gasteiger partial charge in [0.25, 0.3) is 0 Å². The minimum atomic E-state index is -0.454. The fourth-order valence-electron chi connectivity index (χ4n) is 4.83. The van der Waals surface area contributed by atoms with Crippen molar-refractivity contribution >= 4 is 40.8 Å². The van der Waals surface area contributed by atoms with Crippen molar-refractivity contribution < 1.29 is 4.39 Å². The van der Waals surface area contributed by atoms with Crippen LogP contribution in [0.1, 0.15) is 26.7 Å². The first-order valence-corrected chi connectivity index (χ1v) is 12.4. The lowest BCUT2D eigenvalue weighted by atomic mass is 10.1. The Morgan fingerprint density at radius 3 is 2.50 bits per heavy atom. The van der Waals surface area contributed by atoms with Crippen LogP contribution in [0, 0.1) is 5.82 Å². The van der Waals surface area contributed by atoms with Crippen molar-refractivity contribution in [2.24, 2.45) is 0 Å². The lowest BCUT2D eigenvalue weighted by molar-refractivity contribution is 0.542. The smallest absolute Gasteiger partial charge is 0.228 e. The van der Waals surface area contributed by atoms with Crippen LogP contribution in [0.4, 0.5) is 22.0 Å². The molecule has 5 rings (SSSR count). The third-order valence-corrected chi connectivity index (χ3v) is 7.29. The molecule has 4 heterocycles. The highest BCUT2D eigenvalue weighted by molar-refractivity contribution is 6.33. The Balaban J connectivity index is 1.49. The second kappa shape index (κ2) is 9.55. The zero-order valence-corrected chi connectivity index (χ0v) is 20.8. The van der Waals surface area contributed by atoms with Crippen LogP contribution < -0.4 is 14.7 Å². The van der Waals surface area contributed by atoms with E-state index in [1.165, 1.54) is 6.07 Å². The summed E-state index contributed by atoms with van der Waals surface area (Å²) in [4.78, 5) is 21.0. The zero-order valence-electron chi connectivity index (χ0n) is 19.3. The van der Waals surface area contributed by atoms with Gasteiger partial charge in [-0.3, -0.25) is 0 Å². The van der Waals surface area contributed by atoms with Gasteiger partial charge in [-0.05, 0) is 51.0 Å². The van der Waals surface area contributed by atoms with E-state index in [-0.39, 0.29) is 11.1 Å². The molecule has 0 radical (unpaired) electrons. The first kappa shape index (κ1) is 23.1. The van der Waals surface area contributed by atoms with Gasteiger partial charge in [0, 0.05) is 56.1 Å². The average Bonchev–Trinajstić information content (AvgIpc) is 3.26. The summed E-state index contributed by atoms with van der Waals surface area (Å²) in [5, 5.41) is 0.756. The molecule has 178 valence electrons. The minimum absolute atomic E-state index is 0.101. The molecule has 3 aromatic rings. The van der Waals surface area contributed by atoms with Crippen molar-refractivity contribution in [3.05, 3.63) is 58.5 Å². The van der Waals surface area contributed by atoms with Crippen molar-refractivity contribution in [2.75, 3.05) is 40.9 Å². The number of benzene rings is 1. The molecule has 0 unspecified atom stereocenters. The van der Waals surface area contributed by atoms with E-state index in [0.717, 1.165) is 50.7 Å². The first-order valence-electron chi connectivity index (χ1n) is 11.6. The molecule has 6 nitrogen and oxygen atoms in total. The number of aromatic nitrogens is 3. The van der Waals surface area contributed by atoms with Crippen LogP contribution in [0.5, 0.6) is 0 Å². The fourth-order valence-corrected chi connectivity index (χ4v) is 5.19. The van der Waals surface area contributed by atoms with Gasteiger partial charge in [-0.15, -0.1) is 0 Å². The molecule has 0 spiro atoms. The third-order valence-electron chi connectivity index (χ3n) is 6.69. The quantitative estimate of drug-likeness (QED) is 0.458. The molecule has 0 N–H and O–H groups in total. The normalized spacial score (nSPS) is 20.8. The summed E-state index contributed by atoms with van der Waals surface area (Å²) in [7, 11) is 0. The van der Waals surface area contributed by atoms with Gasteiger partial charge in [0.05, 0.1) is 15.7 Å². The summed E-state index contributed by atoms with van der Waals surface area (Å²) in [6.45, 7) is 7.58. The number of anilines is 3. The van der Waals surface area contributed by atoms with Crippen molar-refractivity contribution in [3.63, 3.8) is 0 Å². The number of hydrogen-bond acceptors (Lipinski definition) is 6. The van der Waals surface area contributed by atoms with Crippen LogP contribution in [0.25, 0.3) is 11.3 Å². The Morgan fingerprint density at radius 1 is 0.941 bits per heavy atom. The molecule has 2 atom stereocenters. The Hall–Kier alpha value is -2.64. The lowest BCUT2D eigenvalue weighted by Gasteiger charge is -2.41. The summed E-state index contributed by atoms with van der Waals surface area (Å²) in [5.41, 5.74) is 1.38. The predicted molar refractivity (Wildman–Crippen MR) is 137 cm³/mol. The molecule has 0 bridgehead atoms. The van der Waals surface area contributed by atoms with Crippen molar-refractivity contribution in [1.29, 1.82) is 0 Å². The van der Waals surface area contributed by atoms with Crippen LogP contribution >= 0.6 is 23.2 Å². The summed E-state index contributed by atoms with van der Waals surface area (Å²) >= 11 is 12.3. The summed E-state index contributed by atoms with van der Waals surface area (Å²) in [5.74, 6) is 1.89. The van der Waals surface area contributed by atoms with Gasteiger partial charge < -0.3 is 14.7 Å². The second-order valence-corrected chi connectivity index (χ2v) is 9.84. The summed E-state index contributed by atoms with van der Waals surface area (Å²) < 4.78 is 14.3. The molecule has 0 saturated carbocycles. The van der Waals surface area contributed by atoms with Crippen LogP contribution in [0.3, 0.4) is 0 Å². The number of piperazine rings is 1. The van der Waals surface area contributed by atoms with Crippen molar-refractivity contribution in [2.45, 2.75) is 38.8 Å². The van der Waals surface area contributed by atoms with Gasteiger partial charge in [0.1, 0.15) is 17.5 Å². The standard InChI is InChI=1S/C25H27Cl2FN6/c1-16-5-4-10-34(16)25-30-22(18-7-8-19(26)21(28)13-18)14-23(31-25)33-12-11-32(15-17(33)2)24-20(27)6-3-9-29-24/h3,6-9,13-14,16-17H,4-5,10-12,15H2,1-2H3/t16-,17+/m0/s1. The number of rotatable bonds is 4. The van der Waals surface area contributed by atoms with Crippen LogP contribution in [0.2, 0.25) is 10.0 Å². The van der Waals surface area contributed by atoms with Gasteiger partial charge >= 0.3 is 0 Å². The second-order valence-electron chi connectivity index (χ2n) is 9.02. The number of hydrogen-bond donors (Lipinski definition) is 0. The molecule has 2 saturated heterocycles. The first-order chi connectivity index (χ1) is 16.4. The topological polar surface area (TPSA) is 48.4 Å². The maximum Gasteiger partial charge on any atom is 0.228 e. The van der Waals surface area contributed by atoms with Crippen LogP contribution in [0.15, 0.2) is 42.6 Å². The van der Waals surface area contributed by atoms with Crippen LogP contribution in [-0.4, -0.2) is 53.2 Å². The number of halogens is 3. The third kappa shape index (κ3) is 4.51. The van der Waals surface area contributed by atoms with Gasteiger partial charge in [-0.1, -0.05) is 29.3 Å². The molecule has 9 heteroatoms. The van der Waals surface area contributed by atoms with Crippen LogP contribution in [-0.2, 0) is 0 Å². The van der Waals surface area contributed by atoms with Gasteiger partial charge in [0.15, 0.2) is 0 Å². The Bertz CT molecular complexity index is 1190. The molecule has 2 aliphatic rings. The fraction of sp³-hybridized carbons (Fsp3) is 0.400. The van der Waals surface area contributed by atoms with E-state index in [4.69, 9.17) is 33.2 Å². The highest BCUT2D eigenvalue weighted by Crippen LogP contribution is 2.32. The van der Waals surface area contributed by atoms with E-state index in [1.807, 2.05) is 18.2 Å². The highest BCUT2D eigenvalue weighted by atomic mass is 35.5. The van der Waals surface area contributed by atoms with E-state index in [9.17, 15) is 4.39 Å². The van der Waals surface area contributed by atoms with Crippen molar-refractivity contribution in [3.8, 4) is 11.3 Å². The summed E-state index contributed by atoms with van der Waals surface area (Å²) in [6, 6.07) is 11.0. The number of pyridine rings is 1. The van der Waals surface area contributed by atoms with Gasteiger partial charge in [-0.2, -0.15) is 4.98 Å². The van der Waals surface area contributed by atoms with Crippen molar-refractivity contribution in [1.82, 2.24) is 15.0 Å². The molecular weight excluding hydrogens is 474 g/mol. The predicted octanol–water partition coefficient (Wildman–Crippen LogP) is 5.69. The molecule has 2 fully saturated rings. The monoisotopic (exact) mass is 500 g/mol. The number of nitrogens with zero attached hydrogens (tertiary/aromatic N) is 6. The molecular formula is C25H27Cl2FN6. The maximum absolute atomic E-state index is 14.3. The lowest BCUT2D eigenvalue weighted by Crippen LogP contribution is -2.52. The molecule has 2 aromatic heterocycles. The van der Waals surface area contributed by atoms with E-state index in [2.05, 4.69) is 33.5 Å². The SMILES string of the molecule is C[C@@H]1CN(c2ncccc2Cl)CCN1c1cc(-c2ccc(Cl)c(F)c2)nc(N2CCC[C@@H]2C)n1. The molecule has 1 aromatic carbocycles. The van der Waals surface area contributed by atoms with Gasteiger partial charge in [0.2, 0.25) is 5.95 Å². The highest BCUT2D eigenvalue weighted by Gasteiger charge is 2.29. The van der Waals surface area contributed by atoms with E-state index in [1.54, 1.807) is 18.3 Å².